The molecule has 0 spiro atoms. The molecule has 0 fully saturated rings. The molecule has 112 valence electrons. The van der Waals surface area contributed by atoms with Gasteiger partial charge in [-0.3, -0.25) is 0 Å². The van der Waals surface area contributed by atoms with Crippen LogP contribution in [0.4, 0.5) is 0 Å². The SMILES string of the molecule is CNC(c1cc(Cl)cc(Br)c1)c1cc(Cl)cc(Br)c1OC. The maximum absolute atomic E-state index is 6.18. The first-order valence-electron chi connectivity index (χ1n) is 6.12. The van der Waals surface area contributed by atoms with Crippen molar-refractivity contribution in [3.8, 4) is 5.75 Å². The van der Waals surface area contributed by atoms with Crippen LogP contribution in [0.25, 0.3) is 0 Å². The predicted octanol–water partition coefficient (Wildman–Crippen LogP) is 5.84. The Morgan fingerprint density at radius 1 is 1.05 bits per heavy atom. The van der Waals surface area contributed by atoms with Crippen molar-refractivity contribution in [2.24, 2.45) is 0 Å². The molecular formula is C15H13Br2Cl2NO. The molecule has 0 saturated heterocycles. The summed E-state index contributed by atoms with van der Waals surface area (Å²) in [7, 11) is 3.52. The van der Waals surface area contributed by atoms with Crippen LogP contribution in [0, 0.1) is 0 Å². The summed E-state index contributed by atoms with van der Waals surface area (Å²) in [5, 5.41) is 4.58. The number of benzene rings is 2. The second-order valence-electron chi connectivity index (χ2n) is 4.43. The van der Waals surface area contributed by atoms with Gasteiger partial charge in [-0.2, -0.15) is 0 Å². The van der Waals surface area contributed by atoms with Gasteiger partial charge < -0.3 is 10.1 Å². The van der Waals surface area contributed by atoms with Crippen molar-refractivity contribution in [2.75, 3.05) is 14.2 Å². The Kier molecular flexibility index (Phi) is 5.97. The molecule has 6 heteroatoms. The molecule has 1 unspecified atom stereocenters. The lowest BCUT2D eigenvalue weighted by atomic mass is 9.98. The molecule has 1 N–H and O–H groups in total. The Labute approximate surface area is 151 Å². The Bertz CT molecular complexity index is 644. The van der Waals surface area contributed by atoms with Crippen LogP contribution in [-0.4, -0.2) is 14.2 Å². The molecule has 0 aromatic heterocycles. The van der Waals surface area contributed by atoms with E-state index >= 15 is 0 Å². The van der Waals surface area contributed by atoms with Gasteiger partial charge in [0.15, 0.2) is 0 Å². The Morgan fingerprint density at radius 2 is 1.71 bits per heavy atom. The average molecular weight is 454 g/mol. The summed E-state index contributed by atoms with van der Waals surface area (Å²) in [6, 6.07) is 9.39. The Morgan fingerprint density at radius 3 is 2.29 bits per heavy atom. The summed E-state index contributed by atoms with van der Waals surface area (Å²) in [5.74, 6) is 0.745. The van der Waals surface area contributed by atoms with Crippen molar-refractivity contribution in [1.82, 2.24) is 5.32 Å². The molecule has 0 amide bonds. The zero-order chi connectivity index (χ0) is 15.6. The van der Waals surface area contributed by atoms with Gasteiger partial charge in [0.2, 0.25) is 0 Å². The van der Waals surface area contributed by atoms with E-state index in [1.165, 1.54) is 0 Å². The summed E-state index contributed by atoms with van der Waals surface area (Å²) >= 11 is 19.3. The van der Waals surface area contributed by atoms with Crippen molar-refractivity contribution < 1.29 is 4.74 Å². The smallest absolute Gasteiger partial charge is 0.138 e. The minimum atomic E-state index is -0.0926. The fourth-order valence-electron chi connectivity index (χ4n) is 2.25. The fourth-order valence-corrected chi connectivity index (χ4v) is 4.14. The maximum atomic E-state index is 6.18. The van der Waals surface area contributed by atoms with Crippen LogP contribution >= 0.6 is 55.1 Å². The fraction of sp³-hybridized carbons (Fsp3) is 0.200. The highest BCUT2D eigenvalue weighted by Gasteiger charge is 2.20. The number of ether oxygens (including phenoxy) is 1. The first kappa shape index (κ1) is 17.1. The number of hydrogen-bond acceptors (Lipinski definition) is 2. The molecule has 2 rings (SSSR count). The van der Waals surface area contributed by atoms with E-state index in [0.717, 1.165) is 25.8 Å². The van der Waals surface area contributed by atoms with E-state index in [2.05, 4.69) is 37.2 Å². The Balaban J connectivity index is 2.61. The molecule has 0 aliphatic rings. The first-order valence-corrected chi connectivity index (χ1v) is 8.46. The summed E-state index contributed by atoms with van der Waals surface area (Å²) in [6.07, 6.45) is 0. The third-order valence-corrected chi connectivity index (χ3v) is 4.54. The third kappa shape index (κ3) is 3.93. The maximum Gasteiger partial charge on any atom is 0.138 e. The zero-order valence-corrected chi connectivity index (χ0v) is 16.1. The monoisotopic (exact) mass is 451 g/mol. The molecule has 0 heterocycles. The van der Waals surface area contributed by atoms with E-state index < -0.39 is 0 Å². The van der Waals surface area contributed by atoms with Gasteiger partial charge in [0.1, 0.15) is 5.75 Å². The molecule has 0 bridgehead atoms. The third-order valence-electron chi connectivity index (χ3n) is 3.06. The molecule has 21 heavy (non-hydrogen) atoms. The quantitative estimate of drug-likeness (QED) is 0.628. The molecule has 0 saturated carbocycles. The lowest BCUT2D eigenvalue weighted by Crippen LogP contribution is -2.18. The minimum Gasteiger partial charge on any atom is -0.495 e. The largest absolute Gasteiger partial charge is 0.495 e. The van der Waals surface area contributed by atoms with Crippen molar-refractivity contribution in [2.45, 2.75) is 6.04 Å². The second-order valence-corrected chi connectivity index (χ2v) is 7.08. The predicted molar refractivity (Wildman–Crippen MR) is 95.8 cm³/mol. The van der Waals surface area contributed by atoms with Gasteiger partial charge >= 0.3 is 0 Å². The molecule has 2 aromatic rings. The Hall–Kier alpha value is -0.260. The minimum absolute atomic E-state index is 0.0926. The van der Waals surface area contributed by atoms with Crippen molar-refractivity contribution >= 4 is 55.1 Å². The normalized spacial score (nSPS) is 12.3. The average Bonchev–Trinajstić information content (AvgIpc) is 2.38. The molecule has 2 nitrogen and oxygen atoms in total. The van der Waals surface area contributed by atoms with E-state index in [9.17, 15) is 0 Å². The topological polar surface area (TPSA) is 21.3 Å². The van der Waals surface area contributed by atoms with Gasteiger partial charge in [0.25, 0.3) is 0 Å². The zero-order valence-electron chi connectivity index (χ0n) is 11.4. The van der Waals surface area contributed by atoms with Crippen LogP contribution < -0.4 is 10.1 Å². The highest BCUT2D eigenvalue weighted by Crippen LogP contribution is 2.39. The van der Waals surface area contributed by atoms with E-state index in [1.807, 2.05) is 37.4 Å². The molecular weight excluding hydrogens is 441 g/mol. The molecule has 0 aliphatic carbocycles. The van der Waals surface area contributed by atoms with Crippen molar-refractivity contribution in [3.63, 3.8) is 0 Å². The number of nitrogens with one attached hydrogen (secondary N) is 1. The number of halogens is 4. The second kappa shape index (κ2) is 7.34. The van der Waals surface area contributed by atoms with Crippen LogP contribution in [0.5, 0.6) is 5.75 Å². The molecule has 0 radical (unpaired) electrons. The van der Waals surface area contributed by atoms with E-state index in [4.69, 9.17) is 27.9 Å². The lowest BCUT2D eigenvalue weighted by molar-refractivity contribution is 0.402. The summed E-state index contributed by atoms with van der Waals surface area (Å²) in [5.41, 5.74) is 1.96. The van der Waals surface area contributed by atoms with Gasteiger partial charge in [-0.1, -0.05) is 39.1 Å². The molecule has 1 atom stereocenters. The van der Waals surface area contributed by atoms with Gasteiger partial charge in [0, 0.05) is 20.1 Å². The van der Waals surface area contributed by atoms with Crippen LogP contribution in [0.2, 0.25) is 10.0 Å². The number of methoxy groups -OCH3 is 1. The van der Waals surface area contributed by atoms with Gasteiger partial charge in [-0.05, 0) is 58.9 Å². The van der Waals surface area contributed by atoms with Crippen molar-refractivity contribution in [1.29, 1.82) is 0 Å². The van der Waals surface area contributed by atoms with Crippen LogP contribution in [0.15, 0.2) is 39.3 Å². The van der Waals surface area contributed by atoms with Gasteiger partial charge in [-0.25, -0.2) is 0 Å². The van der Waals surface area contributed by atoms with Crippen LogP contribution in [0.1, 0.15) is 17.2 Å². The molecule has 2 aromatic carbocycles. The van der Waals surface area contributed by atoms with Gasteiger partial charge in [0.05, 0.1) is 17.6 Å². The van der Waals surface area contributed by atoms with Crippen LogP contribution in [-0.2, 0) is 0 Å². The van der Waals surface area contributed by atoms with E-state index in [0.29, 0.717) is 10.0 Å². The van der Waals surface area contributed by atoms with Crippen LogP contribution in [0.3, 0.4) is 0 Å². The first-order chi connectivity index (χ1) is 9.96. The summed E-state index contributed by atoms with van der Waals surface area (Å²) in [4.78, 5) is 0. The number of rotatable bonds is 4. The summed E-state index contributed by atoms with van der Waals surface area (Å²) < 4.78 is 7.24. The highest BCUT2D eigenvalue weighted by atomic mass is 79.9. The van der Waals surface area contributed by atoms with E-state index in [1.54, 1.807) is 7.11 Å². The van der Waals surface area contributed by atoms with Crippen molar-refractivity contribution in [3.05, 3.63) is 60.4 Å². The highest BCUT2D eigenvalue weighted by molar-refractivity contribution is 9.10. The van der Waals surface area contributed by atoms with Gasteiger partial charge in [-0.15, -0.1) is 0 Å². The lowest BCUT2D eigenvalue weighted by Gasteiger charge is -2.21. The number of hydrogen-bond donors (Lipinski definition) is 1. The summed E-state index contributed by atoms with van der Waals surface area (Å²) in [6.45, 7) is 0. The molecule has 0 aliphatic heterocycles. The standard InChI is InChI=1S/C15H13Br2Cl2NO/c1-20-14(8-3-9(16)5-10(18)4-8)12-6-11(19)7-13(17)15(12)21-2/h3-7,14,20H,1-2H3. The van der Waals surface area contributed by atoms with E-state index in [-0.39, 0.29) is 6.04 Å².